The van der Waals surface area contributed by atoms with Gasteiger partial charge in [-0.2, -0.15) is 0 Å². The maximum atomic E-state index is 9.06. The van der Waals surface area contributed by atoms with Gasteiger partial charge in [0, 0.05) is 6.20 Å². The second-order valence-electron chi connectivity index (χ2n) is 3.00. The first kappa shape index (κ1) is 10.8. The van der Waals surface area contributed by atoms with E-state index in [4.69, 9.17) is 28.3 Å². The minimum absolute atomic E-state index is 0.297. The Bertz CT molecular complexity index is 289. The molecule has 1 aromatic rings. The minimum atomic E-state index is -0.297. The summed E-state index contributed by atoms with van der Waals surface area (Å²) in [5.74, 6) is 0. The predicted molar refractivity (Wildman–Crippen MR) is 54.3 cm³/mol. The van der Waals surface area contributed by atoms with Crippen molar-refractivity contribution in [3.05, 3.63) is 28.0 Å². The zero-order valence-corrected chi connectivity index (χ0v) is 8.81. The van der Waals surface area contributed by atoms with Gasteiger partial charge in [0.25, 0.3) is 0 Å². The van der Waals surface area contributed by atoms with Gasteiger partial charge < -0.3 is 5.11 Å². The van der Waals surface area contributed by atoms with Crippen LogP contribution in [0.25, 0.3) is 0 Å². The van der Waals surface area contributed by atoms with Gasteiger partial charge in [-0.15, -0.1) is 0 Å². The molecule has 1 unspecified atom stereocenters. The number of aromatic nitrogens is 1. The maximum absolute atomic E-state index is 9.06. The van der Waals surface area contributed by atoms with E-state index in [1.54, 1.807) is 19.2 Å². The molecule has 0 saturated heterocycles. The molecule has 1 N–H and O–H groups in total. The fraction of sp³-hybridized carbons (Fsp3) is 0.444. The Morgan fingerprint density at radius 1 is 1.54 bits per heavy atom. The van der Waals surface area contributed by atoms with Crippen LogP contribution in [0.4, 0.5) is 0 Å². The monoisotopic (exact) mass is 219 g/mol. The molecule has 13 heavy (non-hydrogen) atoms. The molecule has 0 bridgehead atoms. The first-order valence-corrected chi connectivity index (χ1v) is 4.83. The smallest absolute Gasteiger partial charge is 0.147 e. The third-order valence-corrected chi connectivity index (χ3v) is 2.39. The van der Waals surface area contributed by atoms with E-state index in [0.29, 0.717) is 16.6 Å². The van der Waals surface area contributed by atoms with Crippen molar-refractivity contribution in [2.75, 3.05) is 0 Å². The Hall–Kier alpha value is -0.310. The van der Waals surface area contributed by atoms with Gasteiger partial charge in [-0.3, -0.25) is 0 Å². The highest BCUT2D eigenvalue weighted by Crippen LogP contribution is 2.20. The van der Waals surface area contributed by atoms with E-state index in [1.807, 2.05) is 0 Å². The van der Waals surface area contributed by atoms with E-state index in [9.17, 15) is 0 Å². The molecule has 0 radical (unpaired) electrons. The Labute approximate surface area is 87.5 Å². The van der Waals surface area contributed by atoms with Crippen molar-refractivity contribution in [3.8, 4) is 0 Å². The predicted octanol–water partition coefficient (Wildman–Crippen LogP) is 2.70. The third kappa shape index (κ3) is 3.51. The van der Waals surface area contributed by atoms with Crippen LogP contribution >= 0.6 is 23.2 Å². The van der Waals surface area contributed by atoms with E-state index < -0.39 is 0 Å². The lowest BCUT2D eigenvalue weighted by atomic mass is 10.1. The number of halogens is 2. The summed E-state index contributed by atoms with van der Waals surface area (Å²) in [5, 5.41) is 9.84. The standard InChI is InChI=1S/C9H11Cl2NO/c1-6(13)2-3-7-4-8(10)9(11)12-5-7/h4-6,13H,2-3H2,1H3. The minimum Gasteiger partial charge on any atom is -0.393 e. The molecule has 0 fully saturated rings. The Balaban J connectivity index is 2.63. The van der Waals surface area contributed by atoms with E-state index >= 15 is 0 Å². The van der Waals surface area contributed by atoms with Gasteiger partial charge in [-0.25, -0.2) is 4.98 Å². The molecule has 72 valence electrons. The van der Waals surface area contributed by atoms with E-state index in [2.05, 4.69) is 4.98 Å². The molecule has 1 heterocycles. The summed E-state index contributed by atoms with van der Waals surface area (Å²) in [6.07, 6.45) is 2.85. The number of pyridine rings is 1. The first-order valence-electron chi connectivity index (χ1n) is 4.07. The van der Waals surface area contributed by atoms with Gasteiger partial charge in [0.2, 0.25) is 0 Å². The molecule has 0 aliphatic rings. The van der Waals surface area contributed by atoms with Crippen LogP contribution in [0.5, 0.6) is 0 Å². The van der Waals surface area contributed by atoms with Crippen LogP contribution in [0.2, 0.25) is 10.2 Å². The van der Waals surface area contributed by atoms with Gasteiger partial charge in [-0.1, -0.05) is 23.2 Å². The van der Waals surface area contributed by atoms with Crippen LogP contribution in [-0.4, -0.2) is 16.2 Å². The summed E-state index contributed by atoms with van der Waals surface area (Å²) in [6, 6.07) is 1.78. The Morgan fingerprint density at radius 2 is 2.23 bits per heavy atom. The Morgan fingerprint density at radius 3 is 2.77 bits per heavy atom. The van der Waals surface area contributed by atoms with Gasteiger partial charge in [-0.05, 0) is 31.4 Å². The second-order valence-corrected chi connectivity index (χ2v) is 3.77. The summed E-state index contributed by atoms with van der Waals surface area (Å²) in [4.78, 5) is 3.91. The topological polar surface area (TPSA) is 33.1 Å². The van der Waals surface area contributed by atoms with Gasteiger partial charge in [0.15, 0.2) is 0 Å². The molecule has 1 rings (SSSR count). The highest BCUT2D eigenvalue weighted by atomic mass is 35.5. The molecular weight excluding hydrogens is 209 g/mol. The van der Waals surface area contributed by atoms with Crippen LogP contribution < -0.4 is 0 Å². The van der Waals surface area contributed by atoms with Crippen molar-refractivity contribution >= 4 is 23.2 Å². The number of rotatable bonds is 3. The lowest BCUT2D eigenvalue weighted by Crippen LogP contribution is -2.01. The van der Waals surface area contributed by atoms with Crippen LogP contribution in [0.3, 0.4) is 0 Å². The summed E-state index contributed by atoms with van der Waals surface area (Å²) < 4.78 is 0. The quantitative estimate of drug-likeness (QED) is 0.794. The molecule has 0 spiro atoms. The van der Waals surface area contributed by atoms with E-state index in [-0.39, 0.29) is 6.10 Å². The van der Waals surface area contributed by atoms with Crippen molar-refractivity contribution in [1.29, 1.82) is 0 Å². The molecule has 2 nitrogen and oxygen atoms in total. The van der Waals surface area contributed by atoms with Gasteiger partial charge in [0.1, 0.15) is 5.15 Å². The molecule has 1 atom stereocenters. The first-order chi connectivity index (χ1) is 6.09. The highest BCUT2D eigenvalue weighted by molar-refractivity contribution is 6.41. The van der Waals surface area contributed by atoms with Crippen LogP contribution in [0.15, 0.2) is 12.3 Å². The Kier molecular flexibility index (Phi) is 3.97. The van der Waals surface area contributed by atoms with Crippen molar-refractivity contribution in [1.82, 2.24) is 4.98 Å². The number of aryl methyl sites for hydroxylation is 1. The zero-order valence-electron chi connectivity index (χ0n) is 7.30. The third-order valence-electron chi connectivity index (χ3n) is 1.70. The molecule has 0 aliphatic heterocycles. The van der Waals surface area contributed by atoms with Crippen molar-refractivity contribution in [2.45, 2.75) is 25.9 Å². The normalized spacial score (nSPS) is 12.9. The number of hydrogen-bond acceptors (Lipinski definition) is 2. The SMILES string of the molecule is CC(O)CCc1cnc(Cl)c(Cl)c1. The van der Waals surface area contributed by atoms with Gasteiger partial charge >= 0.3 is 0 Å². The van der Waals surface area contributed by atoms with Crippen molar-refractivity contribution < 1.29 is 5.11 Å². The summed E-state index contributed by atoms with van der Waals surface area (Å²) in [7, 11) is 0. The van der Waals surface area contributed by atoms with E-state index in [0.717, 1.165) is 12.0 Å². The van der Waals surface area contributed by atoms with Crippen LogP contribution in [0.1, 0.15) is 18.9 Å². The number of aliphatic hydroxyl groups excluding tert-OH is 1. The van der Waals surface area contributed by atoms with E-state index in [1.165, 1.54) is 0 Å². The second kappa shape index (κ2) is 4.80. The summed E-state index contributed by atoms with van der Waals surface area (Å²) in [6.45, 7) is 1.75. The number of hydrogen-bond donors (Lipinski definition) is 1. The molecule has 0 saturated carbocycles. The highest BCUT2D eigenvalue weighted by Gasteiger charge is 2.02. The van der Waals surface area contributed by atoms with Crippen molar-refractivity contribution in [3.63, 3.8) is 0 Å². The van der Waals surface area contributed by atoms with Crippen LogP contribution in [-0.2, 0) is 6.42 Å². The molecular formula is C9H11Cl2NO. The molecule has 0 aromatic carbocycles. The average molecular weight is 220 g/mol. The maximum Gasteiger partial charge on any atom is 0.147 e. The fourth-order valence-corrected chi connectivity index (χ4v) is 1.27. The number of aliphatic hydroxyl groups is 1. The number of nitrogens with zero attached hydrogens (tertiary/aromatic N) is 1. The summed E-state index contributed by atoms with van der Waals surface area (Å²) >= 11 is 11.4. The summed E-state index contributed by atoms with van der Waals surface area (Å²) in [5.41, 5.74) is 0.996. The zero-order chi connectivity index (χ0) is 9.84. The van der Waals surface area contributed by atoms with Crippen molar-refractivity contribution in [2.24, 2.45) is 0 Å². The lowest BCUT2D eigenvalue weighted by molar-refractivity contribution is 0.185. The lowest BCUT2D eigenvalue weighted by Gasteiger charge is -2.04. The largest absolute Gasteiger partial charge is 0.393 e. The van der Waals surface area contributed by atoms with Gasteiger partial charge in [0.05, 0.1) is 11.1 Å². The molecule has 0 amide bonds. The fourth-order valence-electron chi connectivity index (χ4n) is 0.973. The molecule has 4 heteroatoms. The van der Waals surface area contributed by atoms with Crippen LogP contribution in [0, 0.1) is 0 Å². The molecule has 0 aliphatic carbocycles. The average Bonchev–Trinajstić information content (AvgIpc) is 2.07. The molecule has 1 aromatic heterocycles.